The summed E-state index contributed by atoms with van der Waals surface area (Å²) in [5.74, 6) is -0.770. The zero-order valence-corrected chi connectivity index (χ0v) is 12.3. The first-order valence-corrected chi connectivity index (χ1v) is 6.94. The summed E-state index contributed by atoms with van der Waals surface area (Å²) < 4.78 is 0. The lowest BCUT2D eigenvalue weighted by Crippen LogP contribution is -2.52. The second kappa shape index (κ2) is 5.90. The number of hydrogen-bond acceptors (Lipinski definition) is 3. The minimum atomic E-state index is -0.897. The van der Waals surface area contributed by atoms with Crippen molar-refractivity contribution in [2.24, 2.45) is 23.0 Å². The van der Waals surface area contributed by atoms with Gasteiger partial charge < -0.3 is 16.2 Å². The van der Waals surface area contributed by atoms with Crippen LogP contribution in [0, 0.1) is 17.3 Å². The topological polar surface area (TPSA) is 92.4 Å². The molecule has 4 N–H and O–H groups in total. The number of carbonyl (C=O) groups is 2. The zero-order valence-electron chi connectivity index (χ0n) is 12.3. The Morgan fingerprint density at radius 3 is 2.53 bits per heavy atom. The first-order chi connectivity index (χ1) is 8.66. The van der Waals surface area contributed by atoms with Gasteiger partial charge in [0.15, 0.2) is 0 Å². The average molecular weight is 270 g/mol. The zero-order chi connectivity index (χ0) is 14.8. The number of amides is 1. The highest BCUT2D eigenvalue weighted by Crippen LogP contribution is 2.44. The van der Waals surface area contributed by atoms with Crippen molar-refractivity contribution in [2.45, 2.75) is 59.0 Å². The van der Waals surface area contributed by atoms with E-state index in [2.05, 4.69) is 26.1 Å². The van der Waals surface area contributed by atoms with Gasteiger partial charge in [-0.05, 0) is 31.1 Å². The van der Waals surface area contributed by atoms with Gasteiger partial charge in [-0.2, -0.15) is 0 Å². The SMILES string of the molecule is CC(CC(=O)O)NC(=O)C1CCC(N)C(C)C1(C)C. The van der Waals surface area contributed by atoms with Crippen molar-refractivity contribution >= 4 is 11.9 Å². The predicted octanol–water partition coefficient (Wildman–Crippen LogP) is 1.37. The third-order valence-electron chi connectivity index (χ3n) is 4.69. The minimum Gasteiger partial charge on any atom is -0.481 e. The van der Waals surface area contributed by atoms with E-state index in [9.17, 15) is 9.59 Å². The van der Waals surface area contributed by atoms with Gasteiger partial charge in [-0.15, -0.1) is 0 Å². The molecule has 5 nitrogen and oxygen atoms in total. The maximum atomic E-state index is 12.3. The molecular formula is C14H26N2O3. The fourth-order valence-electron chi connectivity index (χ4n) is 2.98. The molecule has 0 aromatic heterocycles. The second-order valence-electron chi connectivity index (χ2n) is 6.41. The highest BCUT2D eigenvalue weighted by atomic mass is 16.4. The molecule has 0 aromatic carbocycles. The second-order valence-corrected chi connectivity index (χ2v) is 6.41. The summed E-state index contributed by atoms with van der Waals surface area (Å²) in [6.45, 7) is 7.95. The summed E-state index contributed by atoms with van der Waals surface area (Å²) in [4.78, 5) is 22.9. The van der Waals surface area contributed by atoms with Crippen molar-refractivity contribution in [3.8, 4) is 0 Å². The molecule has 4 atom stereocenters. The van der Waals surface area contributed by atoms with Crippen LogP contribution >= 0.6 is 0 Å². The van der Waals surface area contributed by atoms with Crippen LogP contribution in [0.4, 0.5) is 0 Å². The van der Waals surface area contributed by atoms with E-state index in [0.29, 0.717) is 0 Å². The molecule has 1 fully saturated rings. The molecule has 5 heteroatoms. The van der Waals surface area contributed by atoms with Gasteiger partial charge in [0.25, 0.3) is 0 Å². The fourth-order valence-corrected chi connectivity index (χ4v) is 2.98. The normalized spacial score (nSPS) is 31.5. The summed E-state index contributed by atoms with van der Waals surface area (Å²) >= 11 is 0. The Morgan fingerprint density at radius 2 is 2.00 bits per heavy atom. The quantitative estimate of drug-likeness (QED) is 0.719. The van der Waals surface area contributed by atoms with E-state index in [1.54, 1.807) is 6.92 Å². The van der Waals surface area contributed by atoms with E-state index in [-0.39, 0.29) is 41.7 Å². The maximum absolute atomic E-state index is 12.3. The van der Waals surface area contributed by atoms with Crippen LogP contribution in [0.2, 0.25) is 0 Å². The molecule has 0 heterocycles. The molecule has 1 aliphatic carbocycles. The average Bonchev–Trinajstić information content (AvgIpc) is 2.24. The van der Waals surface area contributed by atoms with Gasteiger partial charge in [-0.25, -0.2) is 0 Å². The number of nitrogens with two attached hydrogens (primary N) is 1. The Labute approximate surface area is 114 Å². The summed E-state index contributed by atoms with van der Waals surface area (Å²) in [7, 11) is 0. The lowest BCUT2D eigenvalue weighted by atomic mass is 9.61. The first kappa shape index (κ1) is 16.0. The Hall–Kier alpha value is -1.10. The molecule has 1 saturated carbocycles. The van der Waals surface area contributed by atoms with Crippen LogP contribution in [0.15, 0.2) is 0 Å². The van der Waals surface area contributed by atoms with Gasteiger partial charge >= 0.3 is 5.97 Å². The van der Waals surface area contributed by atoms with E-state index in [0.717, 1.165) is 12.8 Å². The third kappa shape index (κ3) is 3.69. The van der Waals surface area contributed by atoms with Crippen LogP contribution in [0.5, 0.6) is 0 Å². The molecule has 110 valence electrons. The molecule has 19 heavy (non-hydrogen) atoms. The van der Waals surface area contributed by atoms with Crippen molar-refractivity contribution < 1.29 is 14.7 Å². The van der Waals surface area contributed by atoms with Crippen LogP contribution in [0.3, 0.4) is 0 Å². The van der Waals surface area contributed by atoms with E-state index >= 15 is 0 Å². The van der Waals surface area contributed by atoms with E-state index in [1.165, 1.54) is 0 Å². The van der Waals surface area contributed by atoms with E-state index in [1.807, 2.05) is 0 Å². The smallest absolute Gasteiger partial charge is 0.305 e. The number of carboxylic acids is 1. The van der Waals surface area contributed by atoms with Crippen molar-refractivity contribution in [3.63, 3.8) is 0 Å². The number of rotatable bonds is 4. The number of aliphatic carboxylic acids is 1. The van der Waals surface area contributed by atoms with Crippen molar-refractivity contribution in [1.29, 1.82) is 0 Å². The molecule has 1 amide bonds. The first-order valence-electron chi connectivity index (χ1n) is 6.94. The molecule has 0 aliphatic heterocycles. The van der Waals surface area contributed by atoms with Gasteiger partial charge in [0.2, 0.25) is 5.91 Å². The molecule has 1 aliphatic rings. The molecule has 0 bridgehead atoms. The molecule has 0 saturated heterocycles. The van der Waals surface area contributed by atoms with Gasteiger partial charge in [0.1, 0.15) is 0 Å². The molecule has 0 radical (unpaired) electrons. The van der Waals surface area contributed by atoms with Crippen LogP contribution in [-0.4, -0.2) is 29.1 Å². The van der Waals surface area contributed by atoms with Crippen LogP contribution in [0.25, 0.3) is 0 Å². The molecular weight excluding hydrogens is 244 g/mol. The monoisotopic (exact) mass is 270 g/mol. The van der Waals surface area contributed by atoms with E-state index < -0.39 is 5.97 Å². The molecule has 0 spiro atoms. The summed E-state index contributed by atoms with van der Waals surface area (Å²) in [5.41, 5.74) is 5.91. The number of carbonyl (C=O) groups excluding carboxylic acids is 1. The lowest BCUT2D eigenvalue weighted by Gasteiger charge is -2.46. The highest BCUT2D eigenvalue weighted by molar-refractivity contribution is 5.80. The minimum absolute atomic E-state index is 0.0440. The largest absolute Gasteiger partial charge is 0.481 e. The van der Waals surface area contributed by atoms with Crippen molar-refractivity contribution in [1.82, 2.24) is 5.32 Å². The summed E-state index contributed by atoms with van der Waals surface area (Å²) in [6.07, 6.45) is 1.56. The number of hydrogen-bond donors (Lipinski definition) is 3. The fraction of sp³-hybridized carbons (Fsp3) is 0.857. The third-order valence-corrected chi connectivity index (χ3v) is 4.69. The van der Waals surface area contributed by atoms with Gasteiger partial charge in [-0.3, -0.25) is 9.59 Å². The van der Waals surface area contributed by atoms with Crippen LogP contribution in [-0.2, 0) is 9.59 Å². The maximum Gasteiger partial charge on any atom is 0.305 e. The van der Waals surface area contributed by atoms with Gasteiger partial charge in [-0.1, -0.05) is 20.8 Å². The molecule has 4 unspecified atom stereocenters. The highest BCUT2D eigenvalue weighted by Gasteiger charge is 2.45. The Balaban J connectivity index is 2.68. The van der Waals surface area contributed by atoms with Gasteiger partial charge in [0, 0.05) is 18.0 Å². The van der Waals surface area contributed by atoms with Crippen LogP contribution < -0.4 is 11.1 Å². The summed E-state index contributed by atoms with van der Waals surface area (Å²) in [6, 6.07) is -0.206. The Bertz CT molecular complexity index is 355. The lowest BCUT2D eigenvalue weighted by molar-refractivity contribution is -0.138. The Kier molecular flexibility index (Phi) is 4.96. The summed E-state index contributed by atoms with van der Waals surface area (Å²) in [5, 5.41) is 11.5. The molecule has 0 aromatic rings. The molecule has 1 rings (SSSR count). The van der Waals surface area contributed by atoms with Crippen LogP contribution in [0.1, 0.15) is 47.0 Å². The van der Waals surface area contributed by atoms with Crippen molar-refractivity contribution in [3.05, 3.63) is 0 Å². The standard InChI is InChI=1S/C14H26N2O3/c1-8(7-12(17)18)16-13(19)10-5-6-11(15)9(2)14(10,3)4/h8-11H,5-7,15H2,1-4H3,(H,16,19)(H,17,18). The predicted molar refractivity (Wildman–Crippen MR) is 73.5 cm³/mol. The number of carboxylic acid groups (broad SMARTS) is 1. The number of nitrogens with one attached hydrogen (secondary N) is 1. The van der Waals surface area contributed by atoms with Crippen molar-refractivity contribution in [2.75, 3.05) is 0 Å². The van der Waals surface area contributed by atoms with Gasteiger partial charge in [0.05, 0.1) is 6.42 Å². The Morgan fingerprint density at radius 1 is 1.42 bits per heavy atom. The van der Waals surface area contributed by atoms with E-state index in [4.69, 9.17) is 10.8 Å².